The summed E-state index contributed by atoms with van der Waals surface area (Å²) in [6, 6.07) is 7.36. The van der Waals surface area contributed by atoms with E-state index in [0.717, 1.165) is 5.56 Å². The molecular formula is C13H18N2O3S. The summed E-state index contributed by atoms with van der Waals surface area (Å²) in [6.45, 7) is 2.04. The van der Waals surface area contributed by atoms with Crippen LogP contribution in [0.5, 0.6) is 5.75 Å². The van der Waals surface area contributed by atoms with Crippen molar-refractivity contribution in [3.05, 3.63) is 29.8 Å². The van der Waals surface area contributed by atoms with E-state index in [4.69, 9.17) is 22.7 Å². The summed E-state index contributed by atoms with van der Waals surface area (Å²) in [6.07, 6.45) is -1.33. The number of aliphatic hydroxyl groups excluding tert-OH is 2. The van der Waals surface area contributed by atoms with Gasteiger partial charge in [0.25, 0.3) is 0 Å². The summed E-state index contributed by atoms with van der Waals surface area (Å²) in [5.41, 5.74) is 6.34. The van der Waals surface area contributed by atoms with Crippen LogP contribution in [0, 0.1) is 0 Å². The number of para-hydroxylation sites is 1. The molecule has 0 bridgehead atoms. The maximum absolute atomic E-state index is 9.44. The van der Waals surface area contributed by atoms with Gasteiger partial charge in [0.15, 0.2) is 0 Å². The van der Waals surface area contributed by atoms with Crippen molar-refractivity contribution in [1.82, 2.24) is 4.90 Å². The minimum atomic E-state index is -0.663. The molecular weight excluding hydrogens is 264 g/mol. The highest BCUT2D eigenvalue weighted by Gasteiger charge is 2.28. The first-order chi connectivity index (χ1) is 9.08. The van der Waals surface area contributed by atoms with Gasteiger partial charge in [-0.15, -0.1) is 0 Å². The van der Waals surface area contributed by atoms with E-state index < -0.39 is 12.2 Å². The first kappa shape index (κ1) is 14.2. The minimum absolute atomic E-state index is 0.308. The maximum Gasteiger partial charge on any atom is 0.129 e. The van der Waals surface area contributed by atoms with E-state index in [1.54, 1.807) is 0 Å². The first-order valence-corrected chi connectivity index (χ1v) is 6.59. The SMILES string of the molecule is NC(=S)c1ccccc1OCCN1CC(O)C(O)C1. The quantitative estimate of drug-likeness (QED) is 0.646. The highest BCUT2D eigenvalue weighted by molar-refractivity contribution is 7.80. The molecule has 0 saturated carbocycles. The second kappa shape index (κ2) is 6.29. The number of aliphatic hydroxyl groups is 2. The van der Waals surface area contributed by atoms with Crippen LogP contribution in [-0.2, 0) is 0 Å². The minimum Gasteiger partial charge on any atom is -0.492 e. The van der Waals surface area contributed by atoms with E-state index in [2.05, 4.69) is 0 Å². The van der Waals surface area contributed by atoms with Crippen molar-refractivity contribution in [1.29, 1.82) is 0 Å². The van der Waals surface area contributed by atoms with Crippen LogP contribution in [0.3, 0.4) is 0 Å². The summed E-state index contributed by atoms with van der Waals surface area (Å²) < 4.78 is 5.66. The molecule has 2 atom stereocenters. The van der Waals surface area contributed by atoms with Crippen molar-refractivity contribution in [2.45, 2.75) is 12.2 Å². The molecule has 1 saturated heterocycles. The number of likely N-dealkylation sites (tertiary alicyclic amines) is 1. The average molecular weight is 282 g/mol. The number of benzene rings is 1. The van der Waals surface area contributed by atoms with Gasteiger partial charge in [0.2, 0.25) is 0 Å². The number of nitrogens with zero attached hydrogens (tertiary/aromatic N) is 1. The van der Waals surface area contributed by atoms with Crippen LogP contribution in [0.15, 0.2) is 24.3 Å². The van der Waals surface area contributed by atoms with Crippen LogP contribution in [0.25, 0.3) is 0 Å². The molecule has 2 rings (SSSR count). The fraction of sp³-hybridized carbons (Fsp3) is 0.462. The van der Waals surface area contributed by atoms with Gasteiger partial charge in [0.05, 0.1) is 17.8 Å². The molecule has 5 nitrogen and oxygen atoms in total. The van der Waals surface area contributed by atoms with Crippen molar-refractivity contribution in [3.8, 4) is 5.75 Å². The highest BCUT2D eigenvalue weighted by atomic mass is 32.1. The smallest absolute Gasteiger partial charge is 0.129 e. The summed E-state index contributed by atoms with van der Waals surface area (Å²) in [5.74, 6) is 0.662. The lowest BCUT2D eigenvalue weighted by atomic mass is 10.2. The monoisotopic (exact) mass is 282 g/mol. The van der Waals surface area contributed by atoms with Crippen molar-refractivity contribution < 1.29 is 14.9 Å². The molecule has 0 spiro atoms. The van der Waals surface area contributed by atoms with Crippen LogP contribution < -0.4 is 10.5 Å². The van der Waals surface area contributed by atoms with Crippen LogP contribution in [-0.4, -0.2) is 58.6 Å². The number of hydrogen-bond acceptors (Lipinski definition) is 5. The molecule has 1 aromatic rings. The zero-order valence-corrected chi connectivity index (χ0v) is 11.3. The molecule has 0 amide bonds. The Kier molecular flexibility index (Phi) is 4.71. The molecule has 1 heterocycles. The Morgan fingerprint density at radius 3 is 2.58 bits per heavy atom. The predicted octanol–water partition coefficient (Wildman–Crippen LogP) is -0.263. The van der Waals surface area contributed by atoms with Gasteiger partial charge < -0.3 is 20.7 Å². The Balaban J connectivity index is 1.85. The fourth-order valence-corrected chi connectivity index (χ4v) is 2.28. The second-order valence-corrected chi connectivity index (χ2v) is 5.04. The van der Waals surface area contributed by atoms with E-state index in [0.29, 0.717) is 37.0 Å². The van der Waals surface area contributed by atoms with Crippen LogP contribution >= 0.6 is 12.2 Å². The van der Waals surface area contributed by atoms with Gasteiger partial charge in [-0.2, -0.15) is 0 Å². The molecule has 0 radical (unpaired) electrons. The Morgan fingerprint density at radius 2 is 1.95 bits per heavy atom. The van der Waals surface area contributed by atoms with Crippen molar-refractivity contribution in [3.63, 3.8) is 0 Å². The van der Waals surface area contributed by atoms with Crippen molar-refractivity contribution in [2.75, 3.05) is 26.2 Å². The lowest BCUT2D eigenvalue weighted by molar-refractivity contribution is 0.0572. The summed E-state index contributed by atoms with van der Waals surface area (Å²) in [5, 5.41) is 18.9. The Bertz CT molecular complexity index is 445. The van der Waals surface area contributed by atoms with Gasteiger partial charge in [-0.3, -0.25) is 4.90 Å². The molecule has 0 aliphatic carbocycles. The van der Waals surface area contributed by atoms with Gasteiger partial charge in [-0.05, 0) is 12.1 Å². The van der Waals surface area contributed by atoms with Gasteiger partial charge >= 0.3 is 0 Å². The molecule has 4 N–H and O–H groups in total. The molecule has 19 heavy (non-hydrogen) atoms. The van der Waals surface area contributed by atoms with E-state index >= 15 is 0 Å². The number of rotatable bonds is 5. The normalized spacial score (nSPS) is 23.5. The summed E-state index contributed by atoms with van der Waals surface area (Å²) >= 11 is 4.96. The van der Waals surface area contributed by atoms with Gasteiger partial charge in [-0.1, -0.05) is 24.4 Å². The van der Waals surface area contributed by atoms with E-state index in [1.807, 2.05) is 29.2 Å². The van der Waals surface area contributed by atoms with Crippen molar-refractivity contribution in [2.24, 2.45) is 5.73 Å². The fourth-order valence-electron chi connectivity index (χ4n) is 2.11. The third-order valence-corrected chi connectivity index (χ3v) is 3.37. The lowest BCUT2D eigenvalue weighted by Gasteiger charge is -2.16. The van der Waals surface area contributed by atoms with E-state index in [1.165, 1.54) is 0 Å². The van der Waals surface area contributed by atoms with Gasteiger partial charge in [0.1, 0.15) is 17.3 Å². The molecule has 1 aliphatic heterocycles. The molecule has 1 fully saturated rings. The third kappa shape index (κ3) is 3.63. The predicted molar refractivity (Wildman–Crippen MR) is 76.3 cm³/mol. The highest BCUT2D eigenvalue weighted by Crippen LogP contribution is 2.18. The van der Waals surface area contributed by atoms with Gasteiger partial charge in [-0.25, -0.2) is 0 Å². The first-order valence-electron chi connectivity index (χ1n) is 6.18. The standard InChI is InChI=1S/C13H18N2O3S/c14-13(19)9-3-1-2-4-12(9)18-6-5-15-7-10(16)11(17)8-15/h1-4,10-11,16-17H,5-8H2,(H2,14,19). The summed E-state index contributed by atoms with van der Waals surface area (Å²) in [7, 11) is 0. The van der Waals surface area contributed by atoms with Gasteiger partial charge in [0, 0.05) is 19.6 Å². The number of nitrogens with two attached hydrogens (primary N) is 1. The maximum atomic E-state index is 9.44. The number of thiocarbonyl (C=S) groups is 1. The number of β-amino-alcohol motifs (C(OH)–C–C–N with tert-alkyl or cyclic N) is 2. The Hall–Kier alpha value is -1.21. The molecule has 2 unspecified atom stereocenters. The zero-order chi connectivity index (χ0) is 13.8. The second-order valence-electron chi connectivity index (χ2n) is 4.60. The Labute approximate surface area is 117 Å². The summed E-state index contributed by atoms with van der Waals surface area (Å²) in [4.78, 5) is 2.27. The van der Waals surface area contributed by atoms with Crippen LogP contribution in [0.1, 0.15) is 5.56 Å². The zero-order valence-electron chi connectivity index (χ0n) is 10.5. The molecule has 1 aliphatic rings. The molecule has 6 heteroatoms. The lowest BCUT2D eigenvalue weighted by Crippen LogP contribution is -2.27. The Morgan fingerprint density at radius 1 is 1.32 bits per heavy atom. The van der Waals surface area contributed by atoms with E-state index in [-0.39, 0.29) is 0 Å². The van der Waals surface area contributed by atoms with Crippen LogP contribution in [0.4, 0.5) is 0 Å². The average Bonchev–Trinajstić information content (AvgIpc) is 2.69. The molecule has 1 aromatic carbocycles. The third-order valence-electron chi connectivity index (χ3n) is 3.15. The van der Waals surface area contributed by atoms with Crippen LogP contribution in [0.2, 0.25) is 0 Å². The largest absolute Gasteiger partial charge is 0.492 e. The van der Waals surface area contributed by atoms with E-state index in [9.17, 15) is 10.2 Å². The van der Waals surface area contributed by atoms with Crippen molar-refractivity contribution >= 4 is 17.2 Å². The topological polar surface area (TPSA) is 79.0 Å². The number of ether oxygens (including phenoxy) is 1. The molecule has 0 aromatic heterocycles. The number of hydrogen-bond donors (Lipinski definition) is 3. The molecule has 104 valence electrons.